The summed E-state index contributed by atoms with van der Waals surface area (Å²) in [7, 11) is 0. The van der Waals surface area contributed by atoms with Crippen molar-refractivity contribution >= 4 is 29.3 Å². The molecule has 0 amide bonds. The van der Waals surface area contributed by atoms with Crippen molar-refractivity contribution in [3.8, 4) is 11.3 Å². The standard InChI is InChI=1S/C31H39ClFN7O/c1-18(34)5-3-6-20-13-25(29(33)26(32)14-20)28-15-22-17-40(31(41)39-30(22)38-28)24-11-9-21(10-12-24)27-8-4-7-23(37-27)16-36-19(2)35/h9-15,17-18,23,27,31,37,41H,3-8,16,34H2,1-2H3,(H2,35,36)(H,38,39)/t18-,23-,27-,31?/m0/s1. The smallest absolute Gasteiger partial charge is 0.231 e. The van der Waals surface area contributed by atoms with Crippen LogP contribution in [0.1, 0.15) is 63.1 Å². The van der Waals surface area contributed by atoms with Gasteiger partial charge in [-0.3, -0.25) is 5.41 Å². The fourth-order valence-electron chi connectivity index (χ4n) is 5.62. The van der Waals surface area contributed by atoms with Crippen molar-refractivity contribution in [1.82, 2.24) is 15.6 Å². The Labute approximate surface area is 245 Å². The molecule has 1 aromatic heterocycles. The summed E-state index contributed by atoms with van der Waals surface area (Å²) in [6.07, 6.45) is 6.49. The van der Waals surface area contributed by atoms with Crippen LogP contribution in [0.2, 0.25) is 5.02 Å². The molecule has 2 aromatic carbocycles. The zero-order chi connectivity index (χ0) is 29.1. The van der Waals surface area contributed by atoms with Crippen LogP contribution in [-0.2, 0) is 6.42 Å². The SMILES string of the molecule is CC(=N)NC[C@@H]1CCC[C@@H](c2ccc(N3C=c4cc(-c5cc(CCC[C@H](C)N)cc(Cl)c5F)[nH]c4=NC3O)cc2)N1. The number of fused-ring (bicyclic) bond motifs is 1. The van der Waals surface area contributed by atoms with E-state index in [0.29, 0.717) is 28.6 Å². The topological polar surface area (TPSA) is 126 Å². The van der Waals surface area contributed by atoms with Crippen molar-refractivity contribution in [2.75, 3.05) is 11.4 Å². The highest BCUT2D eigenvalue weighted by atomic mass is 35.5. The van der Waals surface area contributed by atoms with E-state index in [1.54, 1.807) is 17.9 Å². The largest absolute Gasteiger partial charge is 0.373 e. The second kappa shape index (κ2) is 12.7. The third kappa shape index (κ3) is 6.98. The van der Waals surface area contributed by atoms with E-state index in [2.05, 4.69) is 32.7 Å². The number of benzene rings is 2. The zero-order valence-corrected chi connectivity index (χ0v) is 24.3. The zero-order valence-electron chi connectivity index (χ0n) is 23.6. The average Bonchev–Trinajstić information content (AvgIpc) is 3.36. The molecule has 0 aliphatic carbocycles. The number of aliphatic hydroxyl groups excluding tert-OH is 1. The Morgan fingerprint density at radius 1 is 1.27 bits per heavy atom. The number of nitrogens with zero attached hydrogens (tertiary/aromatic N) is 2. The third-order valence-corrected chi connectivity index (χ3v) is 8.07. The number of aromatic amines is 1. The minimum absolute atomic E-state index is 0.0772. The van der Waals surface area contributed by atoms with Crippen LogP contribution in [-0.4, -0.2) is 40.9 Å². The molecule has 2 aliphatic heterocycles. The predicted octanol–water partition coefficient (Wildman–Crippen LogP) is 4.07. The highest BCUT2D eigenvalue weighted by molar-refractivity contribution is 6.31. The van der Waals surface area contributed by atoms with Crippen LogP contribution in [0.3, 0.4) is 0 Å². The van der Waals surface area contributed by atoms with Crippen molar-refractivity contribution < 1.29 is 9.50 Å². The van der Waals surface area contributed by atoms with E-state index in [0.717, 1.165) is 61.5 Å². The molecule has 4 atom stereocenters. The summed E-state index contributed by atoms with van der Waals surface area (Å²) in [6.45, 7) is 4.48. The second-order valence-electron chi connectivity index (χ2n) is 11.3. The molecule has 1 fully saturated rings. The minimum atomic E-state index is -1.12. The van der Waals surface area contributed by atoms with Crippen molar-refractivity contribution in [3.05, 3.63) is 75.1 Å². The van der Waals surface area contributed by atoms with Gasteiger partial charge in [-0.15, -0.1) is 0 Å². The van der Waals surface area contributed by atoms with Gasteiger partial charge < -0.3 is 31.4 Å². The Kier molecular flexibility index (Phi) is 9.09. The molecule has 1 unspecified atom stereocenters. The molecular weight excluding hydrogens is 541 g/mol. The minimum Gasteiger partial charge on any atom is -0.373 e. The number of hydrogen-bond acceptors (Lipinski definition) is 6. The molecule has 0 bridgehead atoms. The molecule has 7 N–H and O–H groups in total. The summed E-state index contributed by atoms with van der Waals surface area (Å²) in [5, 5.41) is 26.1. The Bertz CT molecular complexity index is 1500. The van der Waals surface area contributed by atoms with E-state index < -0.39 is 12.2 Å². The fraction of sp³-hybridized carbons (Fsp3) is 0.419. The van der Waals surface area contributed by atoms with Crippen LogP contribution in [0, 0.1) is 11.2 Å². The van der Waals surface area contributed by atoms with Gasteiger partial charge in [-0.05, 0) is 93.8 Å². The molecule has 218 valence electrons. The van der Waals surface area contributed by atoms with Crippen LogP contribution in [0.5, 0.6) is 0 Å². The van der Waals surface area contributed by atoms with Gasteiger partial charge in [0.15, 0.2) is 5.82 Å². The molecule has 10 heteroatoms. The van der Waals surface area contributed by atoms with E-state index >= 15 is 4.39 Å². The van der Waals surface area contributed by atoms with Gasteiger partial charge in [0.25, 0.3) is 0 Å². The molecule has 0 saturated carbocycles. The van der Waals surface area contributed by atoms with Gasteiger partial charge in [0.2, 0.25) is 6.35 Å². The van der Waals surface area contributed by atoms with Gasteiger partial charge in [0, 0.05) is 47.3 Å². The van der Waals surface area contributed by atoms with E-state index in [1.165, 1.54) is 5.56 Å². The fourth-order valence-corrected chi connectivity index (χ4v) is 5.87. The van der Waals surface area contributed by atoms with Crippen molar-refractivity contribution in [2.45, 2.75) is 76.8 Å². The number of aromatic nitrogens is 1. The number of anilines is 1. The Morgan fingerprint density at radius 2 is 2.05 bits per heavy atom. The van der Waals surface area contributed by atoms with Gasteiger partial charge in [0.1, 0.15) is 5.49 Å². The maximum atomic E-state index is 15.1. The number of aryl methyl sites for hydroxylation is 1. The van der Waals surface area contributed by atoms with Crippen LogP contribution in [0.15, 0.2) is 47.5 Å². The third-order valence-electron chi connectivity index (χ3n) is 7.79. The van der Waals surface area contributed by atoms with Gasteiger partial charge in [-0.25, -0.2) is 9.38 Å². The second-order valence-corrected chi connectivity index (χ2v) is 11.7. The van der Waals surface area contributed by atoms with Crippen LogP contribution in [0.25, 0.3) is 17.5 Å². The van der Waals surface area contributed by atoms with Gasteiger partial charge in [-0.1, -0.05) is 23.7 Å². The van der Waals surface area contributed by atoms with Crippen molar-refractivity contribution in [1.29, 1.82) is 5.41 Å². The summed E-state index contributed by atoms with van der Waals surface area (Å²) in [5.41, 5.74) is 10.2. The van der Waals surface area contributed by atoms with E-state index in [4.69, 9.17) is 22.7 Å². The molecular formula is C31H39ClFN7O. The van der Waals surface area contributed by atoms with Crippen LogP contribution >= 0.6 is 11.6 Å². The van der Waals surface area contributed by atoms with E-state index in [9.17, 15) is 5.11 Å². The Balaban J connectivity index is 1.34. The van der Waals surface area contributed by atoms with Crippen LogP contribution < -0.4 is 32.0 Å². The molecule has 3 heterocycles. The molecule has 41 heavy (non-hydrogen) atoms. The number of nitrogens with one attached hydrogen (secondary N) is 4. The molecule has 1 saturated heterocycles. The molecule has 8 nitrogen and oxygen atoms in total. The molecule has 0 spiro atoms. The Hall–Kier alpha value is -3.24. The number of H-pyrrole nitrogens is 1. The van der Waals surface area contributed by atoms with Gasteiger partial charge >= 0.3 is 0 Å². The molecule has 2 aliphatic rings. The van der Waals surface area contributed by atoms with Crippen molar-refractivity contribution in [3.63, 3.8) is 0 Å². The lowest BCUT2D eigenvalue weighted by molar-refractivity contribution is 0.186. The lowest BCUT2D eigenvalue weighted by Gasteiger charge is -2.32. The summed E-state index contributed by atoms with van der Waals surface area (Å²) in [4.78, 5) is 9.30. The van der Waals surface area contributed by atoms with Gasteiger partial charge in [0.05, 0.1) is 16.6 Å². The number of rotatable bonds is 9. The monoisotopic (exact) mass is 579 g/mol. The number of nitrogens with two attached hydrogens (primary N) is 1. The molecule has 3 aromatic rings. The lowest BCUT2D eigenvalue weighted by atomic mass is 9.93. The van der Waals surface area contributed by atoms with E-state index in [-0.39, 0.29) is 17.1 Å². The highest BCUT2D eigenvalue weighted by Gasteiger charge is 2.23. The molecule has 0 radical (unpaired) electrons. The quantitative estimate of drug-likeness (QED) is 0.168. The normalized spacial score (nSPS) is 21.0. The first kappa shape index (κ1) is 29.3. The lowest BCUT2D eigenvalue weighted by Crippen LogP contribution is -2.44. The summed E-state index contributed by atoms with van der Waals surface area (Å²) in [6, 6.07) is 14.1. The maximum absolute atomic E-state index is 15.1. The number of hydrogen-bond donors (Lipinski definition) is 6. The average molecular weight is 580 g/mol. The first-order valence-corrected chi connectivity index (χ1v) is 14.7. The number of aliphatic hydroxyl groups is 1. The number of piperidine rings is 1. The van der Waals surface area contributed by atoms with E-state index in [1.807, 2.05) is 37.4 Å². The summed E-state index contributed by atoms with van der Waals surface area (Å²) >= 11 is 6.26. The Morgan fingerprint density at radius 3 is 2.78 bits per heavy atom. The molecule has 5 rings (SSSR count). The number of amidine groups is 1. The van der Waals surface area contributed by atoms with Crippen LogP contribution in [0.4, 0.5) is 10.1 Å². The summed E-state index contributed by atoms with van der Waals surface area (Å²) < 4.78 is 15.1. The summed E-state index contributed by atoms with van der Waals surface area (Å²) in [5.74, 6) is -0.00954. The number of halogens is 2. The van der Waals surface area contributed by atoms with Crippen molar-refractivity contribution in [2.24, 2.45) is 10.7 Å². The first-order valence-electron chi connectivity index (χ1n) is 14.3. The maximum Gasteiger partial charge on any atom is 0.231 e. The predicted molar refractivity (Wildman–Crippen MR) is 163 cm³/mol. The highest BCUT2D eigenvalue weighted by Crippen LogP contribution is 2.30. The first-order chi connectivity index (χ1) is 19.7. The van der Waals surface area contributed by atoms with Gasteiger partial charge in [-0.2, -0.15) is 0 Å².